The Morgan fingerprint density at radius 3 is 2.34 bits per heavy atom. The summed E-state index contributed by atoms with van der Waals surface area (Å²) in [6.07, 6.45) is 1.55. The molecule has 224 valence electrons. The topological polar surface area (TPSA) is 91.7 Å². The second kappa shape index (κ2) is 13.2. The van der Waals surface area contributed by atoms with E-state index in [2.05, 4.69) is 53.0 Å². The molecular formula is C31H44FN3O5Si. The summed E-state index contributed by atoms with van der Waals surface area (Å²) >= 11 is 0. The number of hydrogen-bond donors (Lipinski definition) is 1. The molecule has 41 heavy (non-hydrogen) atoms. The highest BCUT2D eigenvalue weighted by atomic mass is 28.4. The summed E-state index contributed by atoms with van der Waals surface area (Å²) in [5.74, 6) is -0.586. The van der Waals surface area contributed by atoms with Crippen LogP contribution in [0, 0.1) is 11.7 Å². The molecule has 0 spiro atoms. The van der Waals surface area contributed by atoms with E-state index in [4.69, 9.17) is 18.9 Å². The van der Waals surface area contributed by atoms with Crippen molar-refractivity contribution in [1.82, 2.24) is 9.55 Å². The largest absolute Gasteiger partial charge is 0.476 e. The Morgan fingerprint density at radius 1 is 1.12 bits per heavy atom. The molecule has 0 bridgehead atoms. The number of carbonyl (C=O) groups excluding carboxylic acids is 1. The van der Waals surface area contributed by atoms with Crippen molar-refractivity contribution in [3.8, 4) is 5.88 Å². The summed E-state index contributed by atoms with van der Waals surface area (Å²) in [5, 5.41) is 3.54. The number of carbonyl (C=O) groups is 1. The highest BCUT2D eigenvalue weighted by Crippen LogP contribution is 2.38. The lowest BCUT2D eigenvalue weighted by Crippen LogP contribution is -2.42. The zero-order chi connectivity index (χ0) is 30.5. The zero-order valence-corrected chi connectivity index (χ0v) is 26.8. The van der Waals surface area contributed by atoms with Gasteiger partial charge in [-0.05, 0) is 61.7 Å². The number of anilines is 1. The maximum Gasteiger partial charge on any atom is 0.343 e. The number of benzene rings is 1. The highest BCUT2D eigenvalue weighted by Gasteiger charge is 2.38. The van der Waals surface area contributed by atoms with E-state index < -0.39 is 19.7 Å². The van der Waals surface area contributed by atoms with Gasteiger partial charge in [-0.2, -0.15) is 4.98 Å². The van der Waals surface area contributed by atoms with Crippen LogP contribution in [0.25, 0.3) is 11.0 Å². The molecule has 1 N–H and O–H groups in total. The van der Waals surface area contributed by atoms with E-state index in [-0.39, 0.29) is 40.4 Å². The third-order valence-corrected chi connectivity index (χ3v) is 12.2. The number of pyridine rings is 2. The van der Waals surface area contributed by atoms with Gasteiger partial charge in [-0.15, -0.1) is 0 Å². The number of nitrogens with one attached hydrogen (secondary N) is 1. The van der Waals surface area contributed by atoms with Crippen molar-refractivity contribution in [3.63, 3.8) is 0 Å². The highest BCUT2D eigenvalue weighted by molar-refractivity contribution is 6.74. The number of nitrogens with zero attached hydrogens (tertiary/aromatic N) is 2. The van der Waals surface area contributed by atoms with Crippen LogP contribution in [0.5, 0.6) is 5.88 Å². The number of aromatic nitrogens is 2. The fourth-order valence-corrected chi connectivity index (χ4v) is 5.16. The summed E-state index contributed by atoms with van der Waals surface area (Å²) in [6, 6.07) is 7.59. The molecule has 1 aromatic carbocycles. The van der Waals surface area contributed by atoms with Crippen LogP contribution >= 0.6 is 0 Å². The van der Waals surface area contributed by atoms with Crippen LogP contribution in [0.2, 0.25) is 18.1 Å². The first-order valence-corrected chi connectivity index (χ1v) is 17.1. The van der Waals surface area contributed by atoms with Gasteiger partial charge in [0.15, 0.2) is 8.32 Å². The number of esters is 1. The molecular weight excluding hydrogens is 541 g/mol. The molecule has 0 amide bonds. The van der Waals surface area contributed by atoms with Crippen LogP contribution < -0.4 is 15.5 Å². The fourth-order valence-electron chi connectivity index (χ4n) is 4.14. The lowest BCUT2D eigenvalue weighted by Gasteiger charge is -2.38. The molecule has 0 aliphatic heterocycles. The molecule has 2 aromatic heterocycles. The SMILES string of the molecule is CCOC(=O)c1cn(C(CO[Si](C)(C)C(C)(C)C)C(C)C)c2nc(OCC)c(NCc3ccc(F)cc3)cc2c1=O. The van der Waals surface area contributed by atoms with E-state index in [0.29, 0.717) is 37.0 Å². The van der Waals surface area contributed by atoms with Gasteiger partial charge >= 0.3 is 5.97 Å². The molecule has 1 unspecified atom stereocenters. The summed E-state index contributed by atoms with van der Waals surface area (Å²) in [7, 11) is -2.10. The third-order valence-electron chi connectivity index (χ3n) is 7.69. The van der Waals surface area contributed by atoms with Crippen LogP contribution in [0.3, 0.4) is 0 Å². The summed E-state index contributed by atoms with van der Waals surface area (Å²) in [4.78, 5) is 31.4. The monoisotopic (exact) mass is 585 g/mol. The Labute approximate surface area is 243 Å². The minimum absolute atomic E-state index is 0.0156. The molecule has 0 saturated carbocycles. The normalized spacial score (nSPS) is 13.0. The second-order valence-electron chi connectivity index (χ2n) is 12.0. The molecule has 2 heterocycles. The van der Waals surface area contributed by atoms with Gasteiger partial charge in [0.05, 0.1) is 36.9 Å². The van der Waals surface area contributed by atoms with Gasteiger partial charge in [0.1, 0.15) is 17.0 Å². The summed E-state index contributed by atoms with van der Waals surface area (Å²) in [5.41, 5.74) is 1.20. The average molecular weight is 586 g/mol. The lowest BCUT2D eigenvalue weighted by molar-refractivity contribution is 0.0523. The summed E-state index contributed by atoms with van der Waals surface area (Å²) < 4.78 is 33.0. The van der Waals surface area contributed by atoms with Crippen molar-refractivity contribution in [2.75, 3.05) is 25.1 Å². The van der Waals surface area contributed by atoms with E-state index in [9.17, 15) is 14.0 Å². The van der Waals surface area contributed by atoms with Crippen molar-refractivity contribution < 1.29 is 23.1 Å². The molecule has 0 radical (unpaired) electrons. The Kier molecular flexibility index (Phi) is 10.4. The summed E-state index contributed by atoms with van der Waals surface area (Å²) in [6.45, 7) is 19.9. The maximum atomic E-state index is 13.7. The van der Waals surface area contributed by atoms with Crippen LogP contribution in [-0.4, -0.2) is 43.7 Å². The zero-order valence-electron chi connectivity index (χ0n) is 25.8. The van der Waals surface area contributed by atoms with E-state index in [1.807, 2.05) is 11.5 Å². The van der Waals surface area contributed by atoms with Gasteiger partial charge in [-0.25, -0.2) is 9.18 Å². The average Bonchev–Trinajstić information content (AvgIpc) is 2.89. The van der Waals surface area contributed by atoms with Gasteiger partial charge in [0.25, 0.3) is 0 Å². The van der Waals surface area contributed by atoms with Gasteiger partial charge in [-0.3, -0.25) is 4.79 Å². The molecule has 0 aliphatic rings. The van der Waals surface area contributed by atoms with Crippen LogP contribution in [0.15, 0.2) is 41.3 Å². The molecule has 3 aromatic rings. The number of hydrogen-bond acceptors (Lipinski definition) is 7. The van der Waals surface area contributed by atoms with Crippen molar-refractivity contribution in [2.45, 2.75) is 79.2 Å². The van der Waals surface area contributed by atoms with E-state index in [1.54, 1.807) is 31.3 Å². The Bertz CT molecular complexity index is 1410. The maximum absolute atomic E-state index is 13.7. The molecule has 0 saturated heterocycles. The standard InChI is InChI=1S/C31H44FN3O5Si/c1-10-38-29-25(33-17-21-12-14-22(32)15-13-21)16-23-27(36)24(30(37)39-11-2)18-35(28(23)34-29)26(20(3)4)19-40-41(8,9)31(5,6)7/h12-16,18,20,26,33H,10-11,17,19H2,1-9H3. The predicted molar refractivity (Wildman–Crippen MR) is 164 cm³/mol. The minimum Gasteiger partial charge on any atom is -0.476 e. The first kappa shape index (κ1) is 32.3. The Balaban J connectivity index is 2.20. The number of fused-ring (bicyclic) bond motifs is 1. The lowest BCUT2D eigenvalue weighted by atomic mass is 10.0. The van der Waals surface area contributed by atoms with E-state index >= 15 is 0 Å². The van der Waals surface area contributed by atoms with Gasteiger partial charge in [0, 0.05) is 12.7 Å². The molecule has 8 nitrogen and oxygen atoms in total. The molecule has 10 heteroatoms. The quantitative estimate of drug-likeness (QED) is 0.182. The van der Waals surface area contributed by atoms with Gasteiger partial charge in [-0.1, -0.05) is 46.8 Å². The number of ether oxygens (including phenoxy) is 2. The minimum atomic E-state index is -2.10. The third kappa shape index (κ3) is 7.54. The Hall–Kier alpha value is -3.24. The van der Waals surface area contributed by atoms with Crippen molar-refractivity contribution in [2.24, 2.45) is 5.92 Å². The predicted octanol–water partition coefficient (Wildman–Crippen LogP) is 6.94. The van der Waals surface area contributed by atoms with Crippen molar-refractivity contribution in [1.29, 1.82) is 0 Å². The first-order chi connectivity index (χ1) is 19.2. The molecule has 0 aliphatic carbocycles. The molecule has 0 fully saturated rings. The smallest absolute Gasteiger partial charge is 0.343 e. The van der Waals surface area contributed by atoms with E-state index in [0.717, 1.165) is 5.56 Å². The molecule has 1 atom stereocenters. The fraction of sp³-hybridized carbons (Fsp3) is 0.516. The van der Waals surface area contributed by atoms with E-state index in [1.165, 1.54) is 12.1 Å². The Morgan fingerprint density at radius 2 is 1.78 bits per heavy atom. The first-order valence-electron chi connectivity index (χ1n) is 14.2. The van der Waals surface area contributed by atoms with Crippen molar-refractivity contribution in [3.05, 3.63) is 63.7 Å². The number of halogens is 1. The second-order valence-corrected chi connectivity index (χ2v) is 16.8. The van der Waals surface area contributed by atoms with Gasteiger partial charge in [0.2, 0.25) is 11.3 Å². The van der Waals surface area contributed by atoms with Gasteiger partial charge < -0.3 is 23.8 Å². The van der Waals surface area contributed by atoms with Crippen LogP contribution in [0.4, 0.5) is 10.1 Å². The van der Waals surface area contributed by atoms with Crippen LogP contribution in [-0.2, 0) is 15.7 Å². The number of rotatable bonds is 12. The van der Waals surface area contributed by atoms with Crippen LogP contribution in [0.1, 0.15) is 70.4 Å². The van der Waals surface area contributed by atoms with Crippen molar-refractivity contribution >= 4 is 31.0 Å². The molecule has 3 rings (SSSR count).